The summed E-state index contributed by atoms with van der Waals surface area (Å²) in [5.74, 6) is -0.743. The Morgan fingerprint density at radius 2 is 2.11 bits per heavy atom. The minimum atomic E-state index is -1.84. The fourth-order valence-electron chi connectivity index (χ4n) is 4.07. The summed E-state index contributed by atoms with van der Waals surface area (Å²) in [6.07, 6.45) is 0.860. The molecule has 1 unspecified atom stereocenters. The Kier molecular flexibility index (Phi) is 3.36. The monoisotopic (exact) mass is 376 g/mol. The number of benzene rings is 1. The first-order chi connectivity index (χ1) is 13.5. The summed E-state index contributed by atoms with van der Waals surface area (Å²) in [5.41, 5.74) is 1.67. The van der Waals surface area contributed by atoms with E-state index in [1.165, 1.54) is 0 Å². The summed E-state index contributed by atoms with van der Waals surface area (Å²) in [5, 5.41) is 11.7. The van der Waals surface area contributed by atoms with Crippen molar-refractivity contribution >= 4 is 23.2 Å². The molecule has 7 heteroatoms. The van der Waals surface area contributed by atoms with Gasteiger partial charge in [-0.2, -0.15) is 0 Å². The highest BCUT2D eigenvalue weighted by atomic mass is 16.6. The van der Waals surface area contributed by atoms with Crippen LogP contribution in [0.25, 0.3) is 22.3 Å². The number of carbonyl (C=O) groups excluding carboxylic acids is 2. The van der Waals surface area contributed by atoms with Crippen LogP contribution in [0.3, 0.4) is 0 Å². The molecule has 2 aliphatic rings. The molecule has 28 heavy (non-hydrogen) atoms. The molecule has 0 amide bonds. The van der Waals surface area contributed by atoms with Crippen molar-refractivity contribution in [1.82, 2.24) is 9.55 Å². The van der Waals surface area contributed by atoms with Crippen molar-refractivity contribution in [2.75, 3.05) is 0 Å². The summed E-state index contributed by atoms with van der Waals surface area (Å²) >= 11 is 0. The number of hydrogen-bond acceptors (Lipinski definition) is 6. The molecule has 0 saturated heterocycles. The molecule has 7 nitrogen and oxygen atoms in total. The van der Waals surface area contributed by atoms with Crippen LogP contribution in [0.2, 0.25) is 0 Å². The Morgan fingerprint density at radius 1 is 1.29 bits per heavy atom. The van der Waals surface area contributed by atoms with Gasteiger partial charge in [-0.3, -0.25) is 9.59 Å². The van der Waals surface area contributed by atoms with E-state index < -0.39 is 11.6 Å². The van der Waals surface area contributed by atoms with Gasteiger partial charge in [-0.25, -0.2) is 9.78 Å². The summed E-state index contributed by atoms with van der Waals surface area (Å²) in [6, 6.07) is 8.87. The molecule has 3 aromatic rings. The average molecular weight is 376 g/mol. The van der Waals surface area contributed by atoms with E-state index in [0.717, 1.165) is 17.2 Å². The highest BCUT2D eigenvalue weighted by molar-refractivity contribution is 5.89. The highest BCUT2D eigenvalue weighted by Crippen LogP contribution is 2.38. The zero-order valence-corrected chi connectivity index (χ0v) is 15.1. The van der Waals surface area contributed by atoms with Crippen LogP contribution < -0.4 is 5.56 Å². The van der Waals surface area contributed by atoms with E-state index in [1.807, 2.05) is 12.1 Å². The zero-order valence-electron chi connectivity index (χ0n) is 15.1. The number of fused-ring (bicyclic) bond motifs is 5. The van der Waals surface area contributed by atoms with Crippen LogP contribution in [0.15, 0.2) is 35.1 Å². The lowest BCUT2D eigenvalue weighted by atomic mass is 9.86. The number of hydrogen-bond donors (Lipinski definition) is 1. The van der Waals surface area contributed by atoms with Crippen molar-refractivity contribution in [3.8, 4) is 11.4 Å². The second-order valence-corrected chi connectivity index (χ2v) is 7.17. The second-order valence-electron chi connectivity index (χ2n) is 7.17. The molecule has 1 atom stereocenters. The highest BCUT2D eigenvalue weighted by Gasteiger charge is 2.45. The summed E-state index contributed by atoms with van der Waals surface area (Å²) in [7, 11) is 0. The lowest BCUT2D eigenvalue weighted by Crippen LogP contribution is -2.44. The van der Waals surface area contributed by atoms with Gasteiger partial charge in [0, 0.05) is 22.1 Å². The molecule has 0 saturated carbocycles. The van der Waals surface area contributed by atoms with Crippen LogP contribution in [-0.4, -0.2) is 26.9 Å². The molecular weight excluding hydrogens is 360 g/mol. The minimum Gasteiger partial charge on any atom is -0.458 e. The van der Waals surface area contributed by atoms with Gasteiger partial charge in [-0.15, -0.1) is 0 Å². The first-order valence-electron chi connectivity index (χ1n) is 9.02. The van der Waals surface area contributed by atoms with E-state index in [2.05, 4.69) is 4.98 Å². The van der Waals surface area contributed by atoms with Gasteiger partial charge in [0.1, 0.15) is 12.9 Å². The van der Waals surface area contributed by atoms with E-state index in [9.17, 15) is 19.5 Å². The summed E-state index contributed by atoms with van der Waals surface area (Å²) in [6.45, 7) is 1.87. The van der Waals surface area contributed by atoms with Gasteiger partial charge >= 0.3 is 5.97 Å². The van der Waals surface area contributed by atoms with E-state index in [1.54, 1.807) is 29.7 Å². The SMILES string of the molecule is CCC1(O)C(=O)OCc2c1cc1n(c2=O)Cc2cc3ccc(C=O)cc3nc2-1. The van der Waals surface area contributed by atoms with Crippen molar-refractivity contribution < 1.29 is 19.4 Å². The van der Waals surface area contributed by atoms with Crippen LogP contribution in [0.4, 0.5) is 0 Å². The van der Waals surface area contributed by atoms with Crippen LogP contribution in [-0.2, 0) is 28.3 Å². The predicted octanol–water partition coefficient (Wildman–Crippen LogP) is 1.89. The first kappa shape index (κ1) is 16.8. The van der Waals surface area contributed by atoms with Gasteiger partial charge < -0.3 is 14.4 Å². The van der Waals surface area contributed by atoms with Crippen molar-refractivity contribution in [2.24, 2.45) is 0 Å². The third-order valence-electron chi connectivity index (χ3n) is 5.67. The number of pyridine rings is 2. The fourth-order valence-corrected chi connectivity index (χ4v) is 4.07. The number of ether oxygens (including phenoxy) is 1. The second kappa shape index (κ2) is 5.59. The molecule has 2 aliphatic heterocycles. The topological polar surface area (TPSA) is 98.5 Å². The average Bonchev–Trinajstić information content (AvgIpc) is 3.07. The number of aromatic nitrogens is 2. The van der Waals surface area contributed by atoms with Gasteiger partial charge in [0.15, 0.2) is 5.60 Å². The third-order valence-corrected chi connectivity index (χ3v) is 5.67. The summed E-state index contributed by atoms with van der Waals surface area (Å²) in [4.78, 5) is 41.0. The number of aliphatic hydroxyl groups is 1. The number of aldehydes is 1. The van der Waals surface area contributed by atoms with E-state index in [4.69, 9.17) is 4.74 Å². The molecule has 5 rings (SSSR count). The normalized spacial score (nSPS) is 19.7. The van der Waals surface area contributed by atoms with Crippen LogP contribution in [0.1, 0.15) is 40.4 Å². The lowest BCUT2D eigenvalue weighted by molar-refractivity contribution is -0.172. The predicted molar refractivity (Wildman–Crippen MR) is 99.9 cm³/mol. The number of rotatable bonds is 2. The Hall–Kier alpha value is -3.32. The molecular formula is C21H16N2O5. The van der Waals surface area contributed by atoms with Gasteiger partial charge in [-0.1, -0.05) is 19.1 Å². The molecule has 0 radical (unpaired) electrons. The number of carbonyl (C=O) groups is 2. The molecule has 1 N–H and O–H groups in total. The zero-order chi connectivity index (χ0) is 19.6. The van der Waals surface area contributed by atoms with Crippen LogP contribution in [0, 0.1) is 0 Å². The van der Waals surface area contributed by atoms with Gasteiger partial charge in [0.25, 0.3) is 5.56 Å². The third kappa shape index (κ3) is 2.07. The number of cyclic esters (lactones) is 1. The lowest BCUT2D eigenvalue weighted by Gasteiger charge is -2.31. The largest absolute Gasteiger partial charge is 0.458 e. The maximum Gasteiger partial charge on any atom is 0.343 e. The molecule has 0 spiro atoms. The molecule has 0 bridgehead atoms. The van der Waals surface area contributed by atoms with Crippen molar-refractivity contribution in [3.63, 3.8) is 0 Å². The maximum atomic E-state index is 13.1. The summed E-state index contributed by atoms with van der Waals surface area (Å²) < 4.78 is 6.65. The van der Waals surface area contributed by atoms with E-state index >= 15 is 0 Å². The van der Waals surface area contributed by atoms with Gasteiger partial charge in [0.2, 0.25) is 0 Å². The minimum absolute atomic E-state index is 0.0996. The Morgan fingerprint density at radius 3 is 2.86 bits per heavy atom. The maximum absolute atomic E-state index is 13.1. The Labute approximate surface area is 159 Å². The van der Waals surface area contributed by atoms with Crippen molar-refractivity contribution in [3.05, 3.63) is 62.9 Å². The Balaban J connectivity index is 1.79. The first-order valence-corrected chi connectivity index (χ1v) is 9.02. The molecule has 0 fully saturated rings. The quantitative estimate of drug-likeness (QED) is 0.424. The Bertz CT molecular complexity index is 1260. The number of esters is 1. The van der Waals surface area contributed by atoms with Crippen LogP contribution >= 0.6 is 0 Å². The fraction of sp³-hybridized carbons (Fsp3) is 0.238. The van der Waals surface area contributed by atoms with Gasteiger partial charge in [0.05, 0.1) is 29.0 Å². The molecule has 140 valence electrons. The smallest absolute Gasteiger partial charge is 0.343 e. The van der Waals surface area contributed by atoms with E-state index in [-0.39, 0.29) is 18.6 Å². The van der Waals surface area contributed by atoms with E-state index in [0.29, 0.717) is 40.1 Å². The van der Waals surface area contributed by atoms with Gasteiger partial charge in [-0.05, 0) is 24.6 Å². The number of nitrogens with zero attached hydrogens (tertiary/aromatic N) is 2. The molecule has 0 aliphatic carbocycles. The van der Waals surface area contributed by atoms with Crippen molar-refractivity contribution in [2.45, 2.75) is 32.1 Å². The van der Waals surface area contributed by atoms with Crippen LogP contribution in [0.5, 0.6) is 0 Å². The molecule has 4 heterocycles. The molecule has 1 aromatic carbocycles. The standard InChI is InChI=1S/C21H16N2O5/c1-2-21(27)15-7-17-18-13(6-12-4-3-11(9-24)5-16(12)22-18)8-23(17)19(25)14(15)10-28-20(21)26/h3-7,9,27H,2,8,10H2,1H3. The molecule has 2 aromatic heterocycles. The van der Waals surface area contributed by atoms with Crippen molar-refractivity contribution in [1.29, 1.82) is 0 Å².